The Hall–Kier alpha value is -2.38. The van der Waals surface area contributed by atoms with Crippen molar-refractivity contribution < 1.29 is 13.9 Å². The maximum Gasteiger partial charge on any atom is 0.248 e. The number of aliphatic hydroxyl groups is 1. The van der Waals surface area contributed by atoms with Gasteiger partial charge in [-0.1, -0.05) is 0 Å². The lowest BCUT2D eigenvalue weighted by Crippen LogP contribution is -2.38. The number of hydrogen-bond acceptors (Lipinski definition) is 4. The third-order valence-electron chi connectivity index (χ3n) is 5.13. The molecule has 0 spiro atoms. The van der Waals surface area contributed by atoms with Gasteiger partial charge in [-0.25, -0.2) is 18.7 Å². The van der Waals surface area contributed by atoms with Crippen molar-refractivity contribution in [2.45, 2.75) is 31.8 Å². The molecule has 1 N–H and O–H groups in total. The summed E-state index contributed by atoms with van der Waals surface area (Å²) in [6.45, 7) is 1.95. The van der Waals surface area contributed by atoms with Gasteiger partial charge in [0.15, 0.2) is 0 Å². The molecule has 0 radical (unpaired) electrons. The number of aromatic nitrogens is 3. The fourth-order valence-electron chi connectivity index (χ4n) is 3.68. The Morgan fingerprint density at radius 2 is 2.00 bits per heavy atom. The number of aliphatic hydroxyl groups excluding tert-OH is 1. The van der Waals surface area contributed by atoms with Crippen LogP contribution in [0.5, 0.6) is 0 Å². The average molecular weight is 385 g/mol. The van der Waals surface area contributed by atoms with Gasteiger partial charge in [0.05, 0.1) is 17.5 Å². The predicted octanol–water partition coefficient (Wildman–Crippen LogP) is 5.00. The molecule has 138 valence electrons. The molecule has 1 unspecified atom stereocenters. The Morgan fingerprint density at radius 1 is 1.19 bits per heavy atom. The third-order valence-corrected chi connectivity index (χ3v) is 6.24. The van der Waals surface area contributed by atoms with E-state index < -0.39 is 12.0 Å². The number of nitrogens with zero attached hydrogens (tertiary/aromatic N) is 3. The minimum atomic E-state index is -2.63. The highest BCUT2D eigenvalue weighted by molar-refractivity contribution is 7.18. The molecule has 4 aromatic rings. The van der Waals surface area contributed by atoms with Crippen LogP contribution in [0.1, 0.15) is 29.5 Å². The van der Waals surface area contributed by atoms with Gasteiger partial charge < -0.3 is 9.51 Å². The monoisotopic (exact) mass is 385 g/mol. The van der Waals surface area contributed by atoms with Crippen molar-refractivity contribution in [3.05, 3.63) is 53.3 Å². The van der Waals surface area contributed by atoms with Crippen LogP contribution in [0.3, 0.4) is 0 Å². The van der Waals surface area contributed by atoms with Crippen molar-refractivity contribution in [2.24, 2.45) is 5.92 Å². The van der Waals surface area contributed by atoms with E-state index in [1.807, 2.05) is 54.0 Å². The molecule has 0 bridgehead atoms. The summed E-state index contributed by atoms with van der Waals surface area (Å²) in [5, 5.41) is 11.3. The summed E-state index contributed by atoms with van der Waals surface area (Å²) < 4.78 is 28.2. The van der Waals surface area contributed by atoms with E-state index in [2.05, 4.69) is 4.98 Å². The van der Waals surface area contributed by atoms with Gasteiger partial charge in [0.1, 0.15) is 10.5 Å². The number of fused-ring (bicyclic) bond motifs is 2. The van der Waals surface area contributed by atoms with Gasteiger partial charge >= 0.3 is 0 Å². The highest BCUT2D eigenvalue weighted by Gasteiger charge is 2.48. The van der Waals surface area contributed by atoms with E-state index in [-0.39, 0.29) is 18.8 Å². The number of alkyl halides is 2. The summed E-state index contributed by atoms with van der Waals surface area (Å²) >= 11 is 1.37. The summed E-state index contributed by atoms with van der Waals surface area (Å²) in [7, 11) is 0. The maximum atomic E-state index is 13.1. The van der Waals surface area contributed by atoms with Crippen molar-refractivity contribution >= 4 is 27.2 Å². The first kappa shape index (κ1) is 16.8. The second-order valence-corrected chi connectivity index (χ2v) is 8.34. The van der Waals surface area contributed by atoms with Crippen LogP contribution in [0.25, 0.3) is 27.1 Å². The number of halogens is 2. The lowest BCUT2D eigenvalue weighted by Gasteiger charge is -2.37. The molecule has 0 aromatic carbocycles. The summed E-state index contributed by atoms with van der Waals surface area (Å²) in [4.78, 5) is 10.6. The van der Waals surface area contributed by atoms with Crippen LogP contribution in [0, 0.1) is 12.8 Å². The summed E-state index contributed by atoms with van der Waals surface area (Å²) in [5.41, 5.74) is 3.63. The lowest BCUT2D eigenvalue weighted by atomic mass is 9.77. The van der Waals surface area contributed by atoms with Crippen molar-refractivity contribution in [3.8, 4) is 11.3 Å². The van der Waals surface area contributed by atoms with Crippen LogP contribution in [0.2, 0.25) is 0 Å². The predicted molar refractivity (Wildman–Crippen MR) is 101 cm³/mol. The zero-order valence-corrected chi connectivity index (χ0v) is 15.4. The Kier molecular flexibility index (Phi) is 3.61. The summed E-state index contributed by atoms with van der Waals surface area (Å²) in [5.74, 6) is -3.00. The van der Waals surface area contributed by atoms with Gasteiger partial charge in [0.25, 0.3) is 0 Å². The highest BCUT2D eigenvalue weighted by atomic mass is 32.1. The van der Waals surface area contributed by atoms with Crippen molar-refractivity contribution in [1.82, 2.24) is 14.4 Å². The Balaban J connectivity index is 1.47. The minimum Gasteiger partial charge on any atom is -0.387 e. The Morgan fingerprint density at radius 3 is 2.78 bits per heavy atom. The summed E-state index contributed by atoms with van der Waals surface area (Å²) in [6, 6.07) is 9.70. The smallest absolute Gasteiger partial charge is 0.248 e. The molecule has 1 aliphatic carbocycles. The Labute approximate surface area is 158 Å². The van der Waals surface area contributed by atoms with Gasteiger partial charge in [-0.05, 0) is 37.3 Å². The van der Waals surface area contributed by atoms with Crippen molar-refractivity contribution in [2.75, 3.05) is 0 Å². The fraction of sp³-hybridized carbons (Fsp3) is 0.300. The molecule has 1 aliphatic rings. The zero-order valence-electron chi connectivity index (χ0n) is 14.6. The zero-order chi connectivity index (χ0) is 18.8. The molecular weight excluding hydrogens is 368 g/mol. The van der Waals surface area contributed by atoms with E-state index >= 15 is 0 Å². The molecule has 27 heavy (non-hydrogen) atoms. The second-order valence-electron chi connectivity index (χ2n) is 7.27. The normalized spacial score (nSPS) is 18.1. The molecule has 0 aliphatic heterocycles. The van der Waals surface area contributed by atoms with Crippen LogP contribution in [0.15, 0.2) is 42.7 Å². The molecule has 0 amide bonds. The van der Waals surface area contributed by atoms with Gasteiger partial charge in [0, 0.05) is 47.0 Å². The maximum absolute atomic E-state index is 13.1. The molecule has 0 saturated heterocycles. The molecule has 1 atom stereocenters. The van der Waals surface area contributed by atoms with Crippen LogP contribution in [0.4, 0.5) is 8.78 Å². The average Bonchev–Trinajstić information content (AvgIpc) is 3.19. The molecule has 4 aromatic heterocycles. The highest BCUT2D eigenvalue weighted by Crippen LogP contribution is 2.49. The van der Waals surface area contributed by atoms with E-state index in [1.165, 1.54) is 11.3 Å². The Bertz CT molecular complexity index is 1160. The third kappa shape index (κ3) is 2.91. The van der Waals surface area contributed by atoms with E-state index in [1.54, 1.807) is 0 Å². The molecule has 1 saturated carbocycles. The van der Waals surface area contributed by atoms with Crippen molar-refractivity contribution in [1.29, 1.82) is 0 Å². The van der Waals surface area contributed by atoms with E-state index in [0.717, 1.165) is 32.8 Å². The quantitative estimate of drug-likeness (QED) is 0.540. The van der Waals surface area contributed by atoms with Gasteiger partial charge in [-0.3, -0.25) is 0 Å². The number of rotatable bonds is 3. The van der Waals surface area contributed by atoms with Gasteiger partial charge in [-0.15, -0.1) is 11.3 Å². The first-order chi connectivity index (χ1) is 12.9. The fourth-order valence-corrected chi connectivity index (χ4v) is 4.79. The minimum absolute atomic E-state index is 0.245. The van der Waals surface area contributed by atoms with Gasteiger partial charge in [-0.2, -0.15) is 0 Å². The second kappa shape index (κ2) is 5.81. The molecule has 5 rings (SSSR count). The number of aryl methyl sites for hydroxylation is 1. The SMILES string of the molecule is Cc1cn2cc(-c3ccc4cc(C(O)C5CC(F)(F)C5)sc4n3)ccc2n1. The van der Waals surface area contributed by atoms with E-state index in [0.29, 0.717) is 4.88 Å². The number of thiophene rings is 1. The van der Waals surface area contributed by atoms with Crippen LogP contribution < -0.4 is 0 Å². The van der Waals surface area contributed by atoms with Crippen molar-refractivity contribution in [3.63, 3.8) is 0 Å². The standard InChI is InChI=1S/C20H17F2N3OS/c1-11-9-25-10-13(3-5-17(25)23-11)15-4-2-12-6-16(27-19(12)24-15)18(26)14-7-20(21,22)8-14/h2-6,9-10,14,18,26H,7-8H2,1H3. The van der Waals surface area contributed by atoms with E-state index in [4.69, 9.17) is 4.98 Å². The largest absolute Gasteiger partial charge is 0.387 e. The molecule has 1 fully saturated rings. The molecule has 4 heterocycles. The first-order valence-electron chi connectivity index (χ1n) is 8.80. The lowest BCUT2D eigenvalue weighted by molar-refractivity contribution is -0.141. The topological polar surface area (TPSA) is 50.4 Å². The molecule has 7 heteroatoms. The number of imidazole rings is 1. The van der Waals surface area contributed by atoms with Crippen LogP contribution in [-0.4, -0.2) is 25.4 Å². The number of hydrogen-bond donors (Lipinski definition) is 1. The first-order valence-corrected chi connectivity index (χ1v) is 9.62. The summed E-state index contributed by atoms with van der Waals surface area (Å²) in [6.07, 6.45) is 2.61. The van der Waals surface area contributed by atoms with Crippen LogP contribution in [-0.2, 0) is 0 Å². The molecular formula is C20H17F2N3OS. The number of pyridine rings is 2. The van der Waals surface area contributed by atoms with Crippen LogP contribution >= 0.6 is 11.3 Å². The molecule has 4 nitrogen and oxygen atoms in total. The van der Waals surface area contributed by atoms with Gasteiger partial charge in [0.2, 0.25) is 5.92 Å². The van der Waals surface area contributed by atoms with E-state index in [9.17, 15) is 13.9 Å².